The number of hydrogen-bond acceptors (Lipinski definition) is 1. The Morgan fingerprint density at radius 1 is 1.04 bits per heavy atom. The minimum Gasteiger partial charge on any atom is -0.362 e. The van der Waals surface area contributed by atoms with Gasteiger partial charge in [-0.2, -0.15) is 0 Å². The van der Waals surface area contributed by atoms with Crippen molar-refractivity contribution in [2.24, 2.45) is 17.8 Å². The quantitative estimate of drug-likeness (QED) is 0.530. The van der Waals surface area contributed by atoms with Crippen LogP contribution in [0.25, 0.3) is 0 Å². The molecule has 4 saturated carbocycles. The van der Waals surface area contributed by atoms with Crippen molar-refractivity contribution < 1.29 is 4.90 Å². The summed E-state index contributed by atoms with van der Waals surface area (Å²) in [6.07, 6.45) is 9.95. The largest absolute Gasteiger partial charge is 0.362 e. The van der Waals surface area contributed by atoms with E-state index in [1.165, 1.54) is 43.4 Å². The molecule has 1 aromatic rings. The summed E-state index contributed by atoms with van der Waals surface area (Å²) in [5.41, 5.74) is 3.17. The summed E-state index contributed by atoms with van der Waals surface area (Å²) < 4.78 is 0. The van der Waals surface area contributed by atoms with Gasteiger partial charge in [0.15, 0.2) is 5.11 Å². The van der Waals surface area contributed by atoms with Crippen molar-refractivity contribution in [2.45, 2.75) is 50.4 Å². The molecule has 0 heterocycles. The highest BCUT2D eigenvalue weighted by Crippen LogP contribution is 2.60. The summed E-state index contributed by atoms with van der Waals surface area (Å²) in [5.74, 6) is 3.00. The van der Waals surface area contributed by atoms with E-state index < -0.39 is 0 Å². The molecule has 0 atom stereocenters. The summed E-state index contributed by atoms with van der Waals surface area (Å²) in [7, 11) is 4.36. The van der Waals surface area contributed by atoms with Crippen LogP contribution in [-0.4, -0.2) is 32.3 Å². The van der Waals surface area contributed by atoms with Crippen LogP contribution < -0.4 is 15.5 Å². The van der Waals surface area contributed by atoms with E-state index in [2.05, 4.69) is 49.0 Å². The van der Waals surface area contributed by atoms with Crippen molar-refractivity contribution in [3.63, 3.8) is 0 Å². The molecule has 0 saturated heterocycles. The van der Waals surface area contributed by atoms with E-state index in [4.69, 9.17) is 12.2 Å². The standard InChI is InChI=1S/C22H33N3S/c1-25(2)9-3-8-23-21(26)24-20-6-4-19(5-7-20)22-13-16-10-17(14-22)12-18(11-16)15-22/h4-7,16-18H,3,8-15H2,1-2H3,(H2,23,24,26)/p+1. The Kier molecular flexibility index (Phi) is 5.24. The Bertz CT molecular complexity index is 602. The van der Waals surface area contributed by atoms with Crippen LogP contribution in [-0.2, 0) is 5.41 Å². The van der Waals surface area contributed by atoms with Crippen LogP contribution in [0.4, 0.5) is 5.69 Å². The van der Waals surface area contributed by atoms with Gasteiger partial charge in [0, 0.05) is 18.7 Å². The van der Waals surface area contributed by atoms with Crippen molar-refractivity contribution in [1.29, 1.82) is 0 Å². The maximum Gasteiger partial charge on any atom is 0.170 e. The molecule has 3 nitrogen and oxygen atoms in total. The van der Waals surface area contributed by atoms with Crippen molar-refractivity contribution in [2.75, 3.05) is 32.5 Å². The SMILES string of the molecule is C[NH+](C)CCCNC(=S)Nc1ccc(C23CC4CC(CC(C4)C2)C3)cc1. The van der Waals surface area contributed by atoms with E-state index in [9.17, 15) is 0 Å². The van der Waals surface area contributed by atoms with E-state index in [1.807, 2.05) is 0 Å². The number of thiocarbonyl (C=S) groups is 1. The Balaban J connectivity index is 1.33. The van der Waals surface area contributed by atoms with Gasteiger partial charge in [-0.3, -0.25) is 0 Å². The molecule has 1 aromatic carbocycles. The van der Waals surface area contributed by atoms with Crippen LogP contribution in [0.2, 0.25) is 0 Å². The highest BCUT2D eigenvalue weighted by molar-refractivity contribution is 7.80. The molecule has 4 aliphatic carbocycles. The van der Waals surface area contributed by atoms with Crippen LogP contribution in [0, 0.1) is 17.8 Å². The molecule has 0 amide bonds. The molecule has 0 unspecified atom stereocenters. The number of quaternary nitrogens is 1. The highest BCUT2D eigenvalue weighted by Gasteiger charge is 2.51. The highest BCUT2D eigenvalue weighted by atomic mass is 32.1. The first-order valence-corrected chi connectivity index (χ1v) is 10.9. The number of benzene rings is 1. The molecule has 0 aliphatic heterocycles. The normalized spacial score (nSPS) is 32.0. The minimum atomic E-state index is 0.487. The first kappa shape index (κ1) is 18.2. The third-order valence-electron chi connectivity index (χ3n) is 6.93. The van der Waals surface area contributed by atoms with Crippen molar-refractivity contribution in [3.05, 3.63) is 29.8 Å². The lowest BCUT2D eigenvalue weighted by Gasteiger charge is -2.57. The fraction of sp³-hybridized carbons (Fsp3) is 0.682. The molecule has 4 aliphatic rings. The molecule has 0 spiro atoms. The van der Waals surface area contributed by atoms with Gasteiger partial charge in [-0.05, 0) is 91.6 Å². The second-order valence-electron chi connectivity index (χ2n) is 9.47. The molecule has 26 heavy (non-hydrogen) atoms. The average molecular weight is 373 g/mol. The fourth-order valence-corrected chi connectivity index (χ4v) is 6.41. The molecule has 0 radical (unpaired) electrons. The fourth-order valence-electron chi connectivity index (χ4n) is 6.19. The maximum atomic E-state index is 5.43. The molecule has 0 aromatic heterocycles. The second kappa shape index (κ2) is 7.47. The molecular formula is C22H34N3S+. The van der Waals surface area contributed by atoms with E-state index in [-0.39, 0.29) is 0 Å². The minimum absolute atomic E-state index is 0.487. The van der Waals surface area contributed by atoms with Gasteiger partial charge in [0.2, 0.25) is 0 Å². The molecule has 5 rings (SSSR count). The Morgan fingerprint density at radius 2 is 1.62 bits per heavy atom. The lowest BCUT2D eigenvalue weighted by atomic mass is 9.48. The van der Waals surface area contributed by atoms with Crippen molar-refractivity contribution in [1.82, 2.24) is 5.32 Å². The molecule has 142 valence electrons. The van der Waals surface area contributed by atoms with Gasteiger partial charge in [0.05, 0.1) is 20.6 Å². The smallest absolute Gasteiger partial charge is 0.170 e. The second-order valence-corrected chi connectivity index (χ2v) is 9.88. The van der Waals surface area contributed by atoms with Crippen LogP contribution in [0.5, 0.6) is 0 Å². The predicted molar refractivity (Wildman–Crippen MR) is 113 cm³/mol. The average Bonchev–Trinajstić information content (AvgIpc) is 2.58. The van der Waals surface area contributed by atoms with Gasteiger partial charge in [-0.1, -0.05) is 12.1 Å². The summed E-state index contributed by atoms with van der Waals surface area (Å²) >= 11 is 5.43. The van der Waals surface area contributed by atoms with E-state index >= 15 is 0 Å². The molecule has 3 N–H and O–H groups in total. The molecule has 4 heteroatoms. The monoisotopic (exact) mass is 372 g/mol. The first-order chi connectivity index (χ1) is 12.5. The van der Waals surface area contributed by atoms with E-state index in [0.29, 0.717) is 5.41 Å². The zero-order valence-electron chi connectivity index (χ0n) is 16.3. The molecule has 4 bridgehead atoms. The van der Waals surface area contributed by atoms with Crippen molar-refractivity contribution >= 4 is 23.0 Å². The Morgan fingerprint density at radius 3 is 2.15 bits per heavy atom. The molecular weight excluding hydrogens is 338 g/mol. The van der Waals surface area contributed by atoms with Gasteiger partial charge < -0.3 is 15.5 Å². The van der Waals surface area contributed by atoms with Gasteiger partial charge in [0.1, 0.15) is 0 Å². The number of rotatable bonds is 6. The first-order valence-electron chi connectivity index (χ1n) is 10.5. The zero-order valence-corrected chi connectivity index (χ0v) is 17.1. The lowest BCUT2D eigenvalue weighted by Crippen LogP contribution is -3.05. The lowest BCUT2D eigenvalue weighted by molar-refractivity contribution is -0.858. The third kappa shape index (κ3) is 3.91. The van der Waals surface area contributed by atoms with E-state index in [0.717, 1.165) is 48.1 Å². The zero-order chi connectivity index (χ0) is 18.1. The van der Waals surface area contributed by atoms with Gasteiger partial charge in [-0.25, -0.2) is 0 Å². The third-order valence-corrected chi connectivity index (χ3v) is 7.18. The summed E-state index contributed by atoms with van der Waals surface area (Å²) in [5, 5.41) is 7.40. The Labute approximate surface area is 163 Å². The Hall–Kier alpha value is -1.13. The predicted octanol–water partition coefficient (Wildman–Crippen LogP) is 2.98. The summed E-state index contributed by atoms with van der Waals surface area (Å²) in [6, 6.07) is 9.19. The van der Waals surface area contributed by atoms with Crippen LogP contribution >= 0.6 is 12.2 Å². The van der Waals surface area contributed by atoms with Gasteiger partial charge in [-0.15, -0.1) is 0 Å². The van der Waals surface area contributed by atoms with Crippen LogP contribution in [0.15, 0.2) is 24.3 Å². The van der Waals surface area contributed by atoms with E-state index in [1.54, 1.807) is 5.56 Å². The number of hydrogen-bond donors (Lipinski definition) is 3. The van der Waals surface area contributed by atoms with Gasteiger partial charge >= 0.3 is 0 Å². The summed E-state index contributed by atoms with van der Waals surface area (Å²) in [4.78, 5) is 1.48. The maximum absolute atomic E-state index is 5.43. The number of nitrogens with one attached hydrogen (secondary N) is 3. The topological polar surface area (TPSA) is 28.5 Å². The summed E-state index contributed by atoms with van der Waals surface area (Å²) in [6.45, 7) is 2.09. The number of anilines is 1. The van der Waals surface area contributed by atoms with Gasteiger partial charge in [0.25, 0.3) is 0 Å². The van der Waals surface area contributed by atoms with Crippen LogP contribution in [0.1, 0.15) is 50.5 Å². The van der Waals surface area contributed by atoms with Crippen LogP contribution in [0.3, 0.4) is 0 Å². The van der Waals surface area contributed by atoms with Crippen molar-refractivity contribution in [3.8, 4) is 0 Å². The molecule has 4 fully saturated rings.